The van der Waals surface area contributed by atoms with Crippen molar-refractivity contribution >= 4 is 11.6 Å². The van der Waals surface area contributed by atoms with E-state index in [1.165, 1.54) is 6.26 Å². The molecule has 110 valence electrons. The molecule has 0 aliphatic heterocycles. The Bertz CT molecular complexity index is 722. The summed E-state index contributed by atoms with van der Waals surface area (Å²) in [5.74, 6) is 0.698. The normalized spacial score (nSPS) is 10.2. The van der Waals surface area contributed by atoms with Crippen molar-refractivity contribution in [2.45, 2.75) is 6.61 Å². The Morgan fingerprint density at radius 2 is 1.95 bits per heavy atom. The number of nitrogens with one attached hydrogen (secondary N) is 1. The van der Waals surface area contributed by atoms with Crippen molar-refractivity contribution in [3.05, 3.63) is 78.5 Å². The molecule has 3 aromatic rings. The Hall–Kier alpha value is -3.08. The van der Waals surface area contributed by atoms with Crippen LogP contribution in [0.4, 0.5) is 5.69 Å². The van der Waals surface area contributed by atoms with Crippen molar-refractivity contribution in [2.24, 2.45) is 0 Å². The minimum atomic E-state index is -0.285. The van der Waals surface area contributed by atoms with Crippen LogP contribution in [-0.4, -0.2) is 10.9 Å². The maximum atomic E-state index is 11.8. The van der Waals surface area contributed by atoms with Crippen LogP contribution in [0.3, 0.4) is 0 Å². The highest BCUT2D eigenvalue weighted by atomic mass is 16.5. The van der Waals surface area contributed by atoms with Crippen LogP contribution in [0, 0.1) is 0 Å². The fraction of sp³-hybridized carbons (Fsp3) is 0.0588. The van der Waals surface area contributed by atoms with Crippen LogP contribution in [-0.2, 0) is 6.61 Å². The van der Waals surface area contributed by atoms with Gasteiger partial charge < -0.3 is 14.5 Å². The average Bonchev–Trinajstić information content (AvgIpc) is 3.10. The number of amides is 1. The first-order chi connectivity index (χ1) is 10.8. The number of hydrogen-bond donors (Lipinski definition) is 1. The number of carbonyl (C=O) groups excluding carboxylic acids is 1. The van der Waals surface area contributed by atoms with Crippen LogP contribution in [0.25, 0.3) is 0 Å². The number of hydrogen-bond acceptors (Lipinski definition) is 4. The molecule has 0 radical (unpaired) electrons. The number of benzene rings is 1. The molecule has 0 spiro atoms. The van der Waals surface area contributed by atoms with Crippen molar-refractivity contribution in [1.29, 1.82) is 0 Å². The van der Waals surface area contributed by atoms with Gasteiger partial charge in [0, 0.05) is 11.9 Å². The lowest BCUT2D eigenvalue weighted by Crippen LogP contribution is -2.10. The fourth-order valence-corrected chi connectivity index (χ4v) is 1.88. The molecular weight excluding hydrogens is 280 g/mol. The van der Waals surface area contributed by atoms with Crippen LogP contribution in [0.5, 0.6) is 5.75 Å². The molecule has 0 saturated carbocycles. The van der Waals surface area contributed by atoms with E-state index in [9.17, 15) is 4.79 Å². The maximum Gasteiger partial charge on any atom is 0.291 e. The summed E-state index contributed by atoms with van der Waals surface area (Å²) in [6.45, 7) is 0.402. The Kier molecular flexibility index (Phi) is 4.15. The first-order valence-electron chi connectivity index (χ1n) is 6.79. The van der Waals surface area contributed by atoms with E-state index < -0.39 is 0 Å². The highest BCUT2D eigenvalue weighted by Crippen LogP contribution is 2.17. The highest BCUT2D eigenvalue weighted by Gasteiger charge is 2.08. The number of furan rings is 1. The van der Waals surface area contributed by atoms with Crippen molar-refractivity contribution in [3.8, 4) is 5.75 Å². The molecular formula is C17H14N2O3. The smallest absolute Gasteiger partial charge is 0.291 e. The van der Waals surface area contributed by atoms with E-state index in [0.717, 1.165) is 5.69 Å². The van der Waals surface area contributed by atoms with E-state index in [1.807, 2.05) is 18.2 Å². The molecule has 3 rings (SSSR count). The number of ether oxygens (including phenoxy) is 1. The van der Waals surface area contributed by atoms with E-state index in [2.05, 4.69) is 10.3 Å². The minimum absolute atomic E-state index is 0.274. The van der Waals surface area contributed by atoms with Gasteiger partial charge in [-0.1, -0.05) is 6.07 Å². The van der Waals surface area contributed by atoms with Crippen LogP contribution in [0.1, 0.15) is 16.2 Å². The standard InChI is InChI=1S/C17H14N2O3/c20-17(16-5-3-11-21-16)19-13-6-8-15(9-7-13)22-12-14-4-1-2-10-18-14/h1-11H,12H2,(H,19,20). The van der Waals surface area contributed by atoms with Crippen LogP contribution in [0.2, 0.25) is 0 Å². The first kappa shape index (κ1) is 13.9. The summed E-state index contributed by atoms with van der Waals surface area (Å²) in [6, 6.07) is 16.1. The van der Waals surface area contributed by atoms with Crippen LogP contribution < -0.4 is 10.1 Å². The monoisotopic (exact) mass is 294 g/mol. The van der Waals surface area contributed by atoms with Gasteiger partial charge in [0.1, 0.15) is 12.4 Å². The van der Waals surface area contributed by atoms with Gasteiger partial charge in [-0.25, -0.2) is 0 Å². The lowest BCUT2D eigenvalue weighted by Gasteiger charge is -2.07. The number of pyridine rings is 1. The van der Waals surface area contributed by atoms with Gasteiger partial charge in [0.25, 0.3) is 5.91 Å². The summed E-state index contributed by atoms with van der Waals surface area (Å²) in [5, 5.41) is 2.74. The predicted octanol–water partition coefficient (Wildman–Crippen LogP) is 3.51. The van der Waals surface area contributed by atoms with Gasteiger partial charge in [-0.2, -0.15) is 0 Å². The summed E-state index contributed by atoms with van der Waals surface area (Å²) < 4.78 is 10.7. The summed E-state index contributed by atoms with van der Waals surface area (Å²) in [7, 11) is 0. The van der Waals surface area contributed by atoms with Gasteiger partial charge >= 0.3 is 0 Å². The lowest BCUT2D eigenvalue weighted by molar-refractivity contribution is 0.0996. The maximum absolute atomic E-state index is 11.8. The molecule has 5 heteroatoms. The molecule has 2 aromatic heterocycles. The summed E-state index contributed by atoms with van der Waals surface area (Å²) in [4.78, 5) is 16.0. The zero-order valence-electron chi connectivity index (χ0n) is 11.7. The minimum Gasteiger partial charge on any atom is -0.487 e. The Balaban J connectivity index is 1.57. The Morgan fingerprint density at radius 3 is 2.64 bits per heavy atom. The molecule has 2 heterocycles. The number of carbonyl (C=O) groups is 1. The third-order valence-electron chi connectivity index (χ3n) is 2.97. The average molecular weight is 294 g/mol. The van der Waals surface area contributed by atoms with Gasteiger partial charge in [-0.3, -0.25) is 9.78 Å². The van der Waals surface area contributed by atoms with E-state index >= 15 is 0 Å². The summed E-state index contributed by atoms with van der Waals surface area (Å²) in [6.07, 6.45) is 3.19. The van der Waals surface area contributed by atoms with E-state index in [-0.39, 0.29) is 11.7 Å². The molecule has 1 aromatic carbocycles. The zero-order valence-corrected chi connectivity index (χ0v) is 11.7. The second kappa shape index (κ2) is 6.58. The third-order valence-corrected chi connectivity index (χ3v) is 2.97. The van der Waals surface area contributed by atoms with Crippen molar-refractivity contribution < 1.29 is 13.9 Å². The van der Waals surface area contributed by atoms with Crippen molar-refractivity contribution in [3.63, 3.8) is 0 Å². The Labute approximate surface area is 127 Å². The van der Waals surface area contributed by atoms with Crippen molar-refractivity contribution in [2.75, 3.05) is 5.32 Å². The summed E-state index contributed by atoms with van der Waals surface area (Å²) in [5.41, 5.74) is 1.53. The number of nitrogens with zero attached hydrogens (tertiary/aromatic N) is 1. The predicted molar refractivity (Wildman–Crippen MR) is 81.7 cm³/mol. The Morgan fingerprint density at radius 1 is 1.09 bits per heavy atom. The molecule has 1 amide bonds. The van der Waals surface area contributed by atoms with Crippen LogP contribution in [0.15, 0.2) is 71.5 Å². The molecule has 0 unspecified atom stereocenters. The van der Waals surface area contributed by atoms with Crippen LogP contribution >= 0.6 is 0 Å². The first-order valence-corrected chi connectivity index (χ1v) is 6.79. The fourth-order valence-electron chi connectivity index (χ4n) is 1.88. The molecule has 0 aliphatic rings. The molecule has 0 atom stereocenters. The third kappa shape index (κ3) is 3.52. The number of anilines is 1. The van der Waals surface area contributed by atoms with Gasteiger partial charge in [-0.15, -0.1) is 0 Å². The molecule has 0 saturated heterocycles. The quantitative estimate of drug-likeness (QED) is 0.782. The molecule has 5 nitrogen and oxygen atoms in total. The van der Waals surface area contributed by atoms with Gasteiger partial charge in [0.15, 0.2) is 5.76 Å². The molecule has 0 fully saturated rings. The van der Waals surface area contributed by atoms with Gasteiger partial charge in [-0.05, 0) is 48.5 Å². The molecule has 0 aliphatic carbocycles. The largest absolute Gasteiger partial charge is 0.487 e. The zero-order chi connectivity index (χ0) is 15.2. The molecule has 22 heavy (non-hydrogen) atoms. The van der Waals surface area contributed by atoms with E-state index in [1.54, 1.807) is 42.6 Å². The lowest BCUT2D eigenvalue weighted by atomic mass is 10.3. The molecule has 0 bridgehead atoms. The van der Waals surface area contributed by atoms with E-state index in [0.29, 0.717) is 18.0 Å². The SMILES string of the molecule is O=C(Nc1ccc(OCc2ccccn2)cc1)c1ccco1. The van der Waals surface area contributed by atoms with Gasteiger partial charge in [0.05, 0.1) is 12.0 Å². The highest BCUT2D eigenvalue weighted by molar-refractivity contribution is 6.02. The topological polar surface area (TPSA) is 64.4 Å². The molecule has 1 N–H and O–H groups in total. The van der Waals surface area contributed by atoms with Crippen molar-refractivity contribution in [1.82, 2.24) is 4.98 Å². The number of aromatic nitrogens is 1. The second-order valence-electron chi connectivity index (χ2n) is 4.57. The van der Waals surface area contributed by atoms with Gasteiger partial charge in [0.2, 0.25) is 0 Å². The van der Waals surface area contributed by atoms with E-state index in [4.69, 9.17) is 9.15 Å². The summed E-state index contributed by atoms with van der Waals surface area (Å²) >= 11 is 0. The number of rotatable bonds is 5. The second-order valence-corrected chi connectivity index (χ2v) is 4.57.